The van der Waals surface area contributed by atoms with Crippen LogP contribution in [-0.2, 0) is 0 Å². The van der Waals surface area contributed by atoms with E-state index in [1.807, 2.05) is 24.4 Å². The van der Waals surface area contributed by atoms with Gasteiger partial charge in [0.2, 0.25) is 0 Å². The van der Waals surface area contributed by atoms with E-state index >= 15 is 0 Å². The maximum atomic E-state index is 7.40. The number of hydrogen-bond acceptors (Lipinski definition) is 1. The molecule has 0 amide bonds. The van der Waals surface area contributed by atoms with Crippen LogP contribution < -0.4 is 0 Å². The average Bonchev–Trinajstić information content (AvgIpc) is 2.56. The summed E-state index contributed by atoms with van der Waals surface area (Å²) >= 11 is 0. The maximum absolute atomic E-state index is 7.40. The zero-order valence-corrected chi connectivity index (χ0v) is 5.94. The Morgan fingerprint density at radius 1 is 1.27 bits per heavy atom. The lowest BCUT2D eigenvalue weighted by Gasteiger charge is -1.97. The standard InChI is InChI=1S/C9H8N2/c1-2-5-9(6-3-1)11-8-4-7-10-11/h1-8H/i2D. The lowest BCUT2D eigenvalue weighted by molar-refractivity contribution is 0.880. The SMILES string of the molecule is [2H]c1cccc(-n2cccn2)c1. The van der Waals surface area contributed by atoms with Crippen molar-refractivity contribution in [1.29, 1.82) is 0 Å². The molecule has 0 unspecified atom stereocenters. The highest BCUT2D eigenvalue weighted by Gasteiger charge is 1.90. The van der Waals surface area contributed by atoms with Crippen molar-refractivity contribution in [3.63, 3.8) is 0 Å². The van der Waals surface area contributed by atoms with E-state index < -0.39 is 0 Å². The lowest BCUT2D eigenvalue weighted by Crippen LogP contribution is -1.91. The summed E-state index contributed by atoms with van der Waals surface area (Å²) in [6.07, 6.45) is 3.57. The zero-order valence-electron chi connectivity index (χ0n) is 6.94. The minimum Gasteiger partial charge on any atom is -0.241 e. The van der Waals surface area contributed by atoms with Gasteiger partial charge in [-0.1, -0.05) is 18.2 Å². The van der Waals surface area contributed by atoms with Gasteiger partial charge in [0.05, 0.1) is 7.06 Å². The van der Waals surface area contributed by atoms with Gasteiger partial charge in [0.25, 0.3) is 0 Å². The molecule has 1 heterocycles. The van der Waals surface area contributed by atoms with E-state index in [1.165, 1.54) is 0 Å². The fourth-order valence-corrected chi connectivity index (χ4v) is 0.948. The molecule has 0 bridgehead atoms. The zero-order chi connectivity index (χ0) is 8.39. The van der Waals surface area contributed by atoms with E-state index in [4.69, 9.17) is 1.37 Å². The van der Waals surface area contributed by atoms with E-state index in [2.05, 4.69) is 5.10 Å². The van der Waals surface area contributed by atoms with Crippen LogP contribution in [0.15, 0.2) is 48.8 Å². The highest BCUT2D eigenvalue weighted by molar-refractivity contribution is 5.29. The van der Waals surface area contributed by atoms with Crippen LogP contribution >= 0.6 is 0 Å². The van der Waals surface area contributed by atoms with Crippen molar-refractivity contribution >= 4 is 0 Å². The molecule has 0 N–H and O–H groups in total. The van der Waals surface area contributed by atoms with Gasteiger partial charge in [0.15, 0.2) is 0 Å². The molecule has 0 aliphatic carbocycles. The third kappa shape index (κ3) is 1.15. The summed E-state index contributed by atoms with van der Waals surface area (Å²) in [5.41, 5.74) is 0.924. The number of hydrogen-bond donors (Lipinski definition) is 0. The first-order valence-electron chi connectivity index (χ1n) is 3.93. The summed E-state index contributed by atoms with van der Waals surface area (Å²) in [5.74, 6) is 0. The molecule has 54 valence electrons. The first kappa shape index (κ1) is 5.13. The van der Waals surface area contributed by atoms with Gasteiger partial charge in [-0.2, -0.15) is 5.10 Å². The lowest BCUT2D eigenvalue weighted by atomic mass is 10.3. The van der Waals surface area contributed by atoms with Gasteiger partial charge in [-0.05, 0) is 18.2 Å². The summed E-state index contributed by atoms with van der Waals surface area (Å²) in [7, 11) is 0. The normalized spacial score (nSPS) is 11.1. The van der Waals surface area contributed by atoms with Crippen LogP contribution in [0.2, 0.25) is 0 Å². The van der Waals surface area contributed by atoms with Crippen LogP contribution in [-0.4, -0.2) is 9.78 Å². The monoisotopic (exact) mass is 145 g/mol. The van der Waals surface area contributed by atoms with Crippen LogP contribution in [0.3, 0.4) is 0 Å². The third-order valence-electron chi connectivity index (χ3n) is 1.46. The molecule has 0 aliphatic rings. The van der Waals surface area contributed by atoms with E-state index in [9.17, 15) is 0 Å². The molecule has 0 saturated heterocycles. The largest absolute Gasteiger partial charge is 0.241 e. The fraction of sp³-hybridized carbons (Fsp3) is 0. The Kier molecular flexibility index (Phi) is 1.20. The van der Waals surface area contributed by atoms with Crippen LogP contribution in [0.4, 0.5) is 0 Å². The first-order chi connectivity index (χ1) is 5.86. The van der Waals surface area contributed by atoms with Crippen molar-refractivity contribution < 1.29 is 1.37 Å². The molecular weight excluding hydrogens is 136 g/mol. The second kappa shape index (κ2) is 2.58. The molecule has 0 fully saturated rings. The molecule has 0 saturated carbocycles. The van der Waals surface area contributed by atoms with Crippen LogP contribution in [0.5, 0.6) is 0 Å². The molecule has 0 atom stereocenters. The van der Waals surface area contributed by atoms with E-state index in [-0.39, 0.29) is 0 Å². The summed E-state index contributed by atoms with van der Waals surface area (Å²) < 4.78 is 9.13. The van der Waals surface area contributed by atoms with Gasteiger partial charge < -0.3 is 0 Å². The quantitative estimate of drug-likeness (QED) is 0.599. The second-order valence-corrected chi connectivity index (χ2v) is 2.21. The van der Waals surface area contributed by atoms with Gasteiger partial charge >= 0.3 is 0 Å². The molecule has 0 aliphatic heterocycles. The predicted molar refractivity (Wildman–Crippen MR) is 43.6 cm³/mol. The molecule has 2 nitrogen and oxygen atoms in total. The molecule has 2 heteroatoms. The Bertz CT molecular complexity index is 368. The highest BCUT2D eigenvalue weighted by atomic mass is 15.3. The molecule has 1 aromatic heterocycles. The first-order valence-corrected chi connectivity index (χ1v) is 3.43. The fourth-order valence-electron chi connectivity index (χ4n) is 0.948. The van der Waals surface area contributed by atoms with E-state index in [1.54, 1.807) is 23.0 Å². The van der Waals surface area contributed by atoms with Crippen molar-refractivity contribution in [2.45, 2.75) is 0 Å². The van der Waals surface area contributed by atoms with Gasteiger partial charge in [0.1, 0.15) is 0 Å². The van der Waals surface area contributed by atoms with Crippen molar-refractivity contribution in [2.24, 2.45) is 0 Å². The van der Waals surface area contributed by atoms with E-state index in [0.29, 0.717) is 6.04 Å². The van der Waals surface area contributed by atoms with E-state index in [0.717, 1.165) is 5.69 Å². The predicted octanol–water partition coefficient (Wildman–Crippen LogP) is 1.87. The molecule has 11 heavy (non-hydrogen) atoms. The summed E-state index contributed by atoms with van der Waals surface area (Å²) in [4.78, 5) is 0. The van der Waals surface area contributed by atoms with Gasteiger partial charge in [-0.25, -0.2) is 4.68 Å². The van der Waals surface area contributed by atoms with Crippen LogP contribution in [0.25, 0.3) is 5.69 Å². The van der Waals surface area contributed by atoms with Gasteiger partial charge in [-0.15, -0.1) is 0 Å². The minimum absolute atomic E-state index is 0.503. The Morgan fingerprint density at radius 2 is 2.27 bits per heavy atom. The summed E-state index contributed by atoms with van der Waals surface area (Å²) in [6.45, 7) is 0. The van der Waals surface area contributed by atoms with Crippen molar-refractivity contribution in [1.82, 2.24) is 9.78 Å². The molecule has 0 radical (unpaired) electrons. The van der Waals surface area contributed by atoms with Crippen molar-refractivity contribution in [2.75, 3.05) is 0 Å². The van der Waals surface area contributed by atoms with Gasteiger partial charge in [0, 0.05) is 12.4 Å². The topological polar surface area (TPSA) is 17.8 Å². The number of para-hydroxylation sites is 1. The Hall–Kier alpha value is -1.57. The summed E-state index contributed by atoms with van der Waals surface area (Å²) in [6, 6.07) is 9.64. The number of rotatable bonds is 1. The smallest absolute Gasteiger partial charge is 0.0645 e. The number of benzene rings is 1. The van der Waals surface area contributed by atoms with Gasteiger partial charge in [-0.3, -0.25) is 0 Å². The number of nitrogens with zero attached hydrogens (tertiary/aromatic N) is 2. The molecule has 2 rings (SSSR count). The maximum Gasteiger partial charge on any atom is 0.0645 e. The average molecular weight is 145 g/mol. The van der Waals surface area contributed by atoms with Crippen LogP contribution in [0.1, 0.15) is 1.37 Å². The van der Waals surface area contributed by atoms with Crippen molar-refractivity contribution in [3.05, 3.63) is 48.8 Å². The highest BCUT2D eigenvalue weighted by Crippen LogP contribution is 2.03. The van der Waals surface area contributed by atoms with Crippen LogP contribution in [0, 0.1) is 0 Å². The van der Waals surface area contributed by atoms with Crippen molar-refractivity contribution in [3.8, 4) is 5.69 Å². The number of aromatic nitrogens is 2. The molecule has 0 spiro atoms. The summed E-state index contributed by atoms with van der Waals surface area (Å²) in [5, 5.41) is 4.06. The second-order valence-electron chi connectivity index (χ2n) is 2.21. The third-order valence-corrected chi connectivity index (χ3v) is 1.46. The molecule has 1 aromatic carbocycles. The minimum atomic E-state index is 0.503. The molecular formula is C9H8N2. The Balaban J connectivity index is 2.48. The Morgan fingerprint density at radius 3 is 3.00 bits per heavy atom. The Labute approximate surface area is 66.5 Å². The molecule has 2 aromatic rings.